The van der Waals surface area contributed by atoms with Crippen molar-refractivity contribution in [1.29, 1.82) is 0 Å². The second kappa shape index (κ2) is 8.70. The number of thiazole rings is 1. The van der Waals surface area contributed by atoms with Crippen LogP contribution in [0.15, 0.2) is 57.7 Å². The molecule has 0 spiro atoms. The van der Waals surface area contributed by atoms with Gasteiger partial charge in [0.15, 0.2) is 4.80 Å². The molecule has 3 rings (SSSR count). The van der Waals surface area contributed by atoms with Crippen molar-refractivity contribution in [3.63, 3.8) is 0 Å². The number of benzene rings is 2. The van der Waals surface area contributed by atoms with Crippen LogP contribution in [0.1, 0.15) is 12.5 Å². The van der Waals surface area contributed by atoms with Crippen LogP contribution in [0.5, 0.6) is 0 Å². The molecule has 3 aromatic rings. The molecule has 5 nitrogen and oxygen atoms in total. The average molecular weight is 489 g/mol. The molecule has 0 saturated heterocycles. The Hall–Kier alpha value is -1.45. The van der Waals surface area contributed by atoms with Gasteiger partial charge in [-0.2, -0.15) is 0 Å². The van der Waals surface area contributed by atoms with Gasteiger partial charge < -0.3 is 4.57 Å². The zero-order valence-corrected chi connectivity index (χ0v) is 18.8. The van der Waals surface area contributed by atoms with Gasteiger partial charge in [-0.3, -0.25) is 0 Å². The smallest absolute Gasteiger partial charge is 0.239 e. The van der Waals surface area contributed by atoms with Crippen LogP contribution < -0.4 is 9.94 Å². The van der Waals surface area contributed by atoms with Crippen LogP contribution in [0.25, 0.3) is 11.3 Å². The fourth-order valence-electron chi connectivity index (χ4n) is 2.64. The SMILES string of the molecule is Br.CCc1ccccc1/N=c1/scc(-c2ccc(Cl)c(S(N)(=O)=O)c2)n1C. The van der Waals surface area contributed by atoms with Gasteiger partial charge in [0.1, 0.15) is 4.90 Å². The van der Waals surface area contributed by atoms with E-state index >= 15 is 0 Å². The van der Waals surface area contributed by atoms with Gasteiger partial charge in [0, 0.05) is 18.0 Å². The van der Waals surface area contributed by atoms with E-state index in [2.05, 4.69) is 13.0 Å². The van der Waals surface area contributed by atoms with Gasteiger partial charge in [-0.05, 0) is 30.2 Å². The first-order valence-electron chi connectivity index (χ1n) is 7.91. The van der Waals surface area contributed by atoms with Gasteiger partial charge in [0.25, 0.3) is 0 Å². The summed E-state index contributed by atoms with van der Waals surface area (Å²) in [5.41, 5.74) is 3.65. The van der Waals surface area contributed by atoms with E-state index in [0.717, 1.165) is 22.6 Å². The molecule has 0 aliphatic carbocycles. The molecule has 144 valence electrons. The van der Waals surface area contributed by atoms with E-state index in [1.807, 2.05) is 35.2 Å². The van der Waals surface area contributed by atoms with E-state index in [9.17, 15) is 8.42 Å². The Labute approximate surface area is 178 Å². The fraction of sp³-hybridized carbons (Fsp3) is 0.167. The number of primary sulfonamides is 1. The third-order valence-electron chi connectivity index (χ3n) is 4.05. The van der Waals surface area contributed by atoms with E-state index in [1.54, 1.807) is 6.07 Å². The molecule has 0 aliphatic heterocycles. The molecule has 1 heterocycles. The molecule has 9 heteroatoms. The zero-order chi connectivity index (χ0) is 18.9. The highest BCUT2D eigenvalue weighted by atomic mass is 79.9. The molecule has 0 bridgehead atoms. The van der Waals surface area contributed by atoms with Gasteiger partial charge in [-0.25, -0.2) is 18.5 Å². The van der Waals surface area contributed by atoms with Crippen LogP contribution in [0, 0.1) is 0 Å². The van der Waals surface area contributed by atoms with Crippen molar-refractivity contribution in [3.05, 3.63) is 63.2 Å². The standard InChI is InChI=1S/C18H18ClN3O2S2.BrH/c1-3-12-6-4-5-7-15(12)21-18-22(2)16(11-25-18)13-8-9-14(19)17(10-13)26(20,23)24;/h4-11H,3H2,1-2H3,(H2,20,23,24);1H/b21-18+;. The fourth-order valence-corrected chi connectivity index (χ4v) is 4.63. The van der Waals surface area contributed by atoms with Gasteiger partial charge in [0.05, 0.1) is 16.4 Å². The van der Waals surface area contributed by atoms with Crippen molar-refractivity contribution < 1.29 is 8.42 Å². The maximum Gasteiger partial charge on any atom is 0.239 e. The predicted octanol–water partition coefficient (Wildman–Crippen LogP) is 4.43. The van der Waals surface area contributed by atoms with Crippen molar-refractivity contribution in [1.82, 2.24) is 4.57 Å². The molecule has 0 amide bonds. The minimum Gasteiger partial charge on any atom is -0.320 e. The molecule has 0 fully saturated rings. The molecule has 2 aromatic carbocycles. The molecular formula is C18H19BrClN3O2S2. The lowest BCUT2D eigenvalue weighted by atomic mass is 10.1. The van der Waals surface area contributed by atoms with E-state index in [0.29, 0.717) is 5.56 Å². The Bertz CT molecular complexity index is 1140. The normalized spacial score (nSPS) is 12.1. The molecular weight excluding hydrogens is 470 g/mol. The first kappa shape index (κ1) is 21.8. The van der Waals surface area contributed by atoms with Crippen LogP contribution >= 0.6 is 39.9 Å². The summed E-state index contributed by atoms with van der Waals surface area (Å²) >= 11 is 7.46. The number of aromatic nitrogens is 1. The Morgan fingerprint density at radius 3 is 2.59 bits per heavy atom. The highest BCUT2D eigenvalue weighted by Gasteiger charge is 2.15. The Kier molecular flexibility index (Phi) is 7.04. The first-order valence-corrected chi connectivity index (χ1v) is 10.7. The molecule has 0 atom stereocenters. The molecule has 1 aromatic heterocycles. The summed E-state index contributed by atoms with van der Waals surface area (Å²) in [6.45, 7) is 2.09. The van der Waals surface area contributed by atoms with Crippen molar-refractivity contribution >= 4 is 55.6 Å². The number of rotatable bonds is 4. The highest BCUT2D eigenvalue weighted by Crippen LogP contribution is 2.28. The maximum absolute atomic E-state index is 11.7. The third kappa shape index (κ3) is 4.70. The van der Waals surface area contributed by atoms with Crippen molar-refractivity contribution in [2.45, 2.75) is 18.2 Å². The number of sulfonamides is 1. The number of aryl methyl sites for hydroxylation is 1. The summed E-state index contributed by atoms with van der Waals surface area (Å²) in [6.07, 6.45) is 0.899. The van der Waals surface area contributed by atoms with Crippen LogP contribution in [-0.4, -0.2) is 13.0 Å². The Morgan fingerprint density at radius 2 is 1.93 bits per heavy atom. The lowest BCUT2D eigenvalue weighted by Gasteiger charge is -2.07. The van der Waals surface area contributed by atoms with Crippen molar-refractivity contribution in [2.24, 2.45) is 17.2 Å². The Morgan fingerprint density at radius 1 is 1.22 bits per heavy atom. The minimum absolute atomic E-state index is 0. The summed E-state index contributed by atoms with van der Waals surface area (Å²) in [5.74, 6) is 0. The zero-order valence-electron chi connectivity index (χ0n) is 14.7. The molecule has 0 aliphatic rings. The largest absolute Gasteiger partial charge is 0.320 e. The summed E-state index contributed by atoms with van der Waals surface area (Å²) < 4.78 is 25.3. The van der Waals surface area contributed by atoms with Crippen molar-refractivity contribution in [2.75, 3.05) is 0 Å². The lowest BCUT2D eigenvalue weighted by Crippen LogP contribution is -2.14. The van der Waals surface area contributed by atoms with Crippen LogP contribution in [0.4, 0.5) is 5.69 Å². The first-order chi connectivity index (χ1) is 12.3. The Balaban J connectivity index is 0.00000261. The van der Waals surface area contributed by atoms with Gasteiger partial charge in [-0.1, -0.05) is 42.8 Å². The third-order valence-corrected chi connectivity index (χ3v) is 6.36. The summed E-state index contributed by atoms with van der Waals surface area (Å²) in [4.78, 5) is 5.49. The maximum atomic E-state index is 11.7. The average Bonchev–Trinajstić information content (AvgIpc) is 2.95. The second-order valence-electron chi connectivity index (χ2n) is 5.75. The number of hydrogen-bond donors (Lipinski definition) is 1. The van der Waals surface area contributed by atoms with Crippen LogP contribution in [0.2, 0.25) is 5.02 Å². The minimum atomic E-state index is -3.89. The molecule has 27 heavy (non-hydrogen) atoms. The van der Waals surface area contributed by atoms with Crippen molar-refractivity contribution in [3.8, 4) is 11.3 Å². The van der Waals surface area contributed by atoms with E-state index in [4.69, 9.17) is 21.7 Å². The van der Waals surface area contributed by atoms with Gasteiger partial charge in [0.2, 0.25) is 10.0 Å². The van der Waals surface area contributed by atoms with E-state index in [-0.39, 0.29) is 26.9 Å². The van der Waals surface area contributed by atoms with Gasteiger partial charge >= 0.3 is 0 Å². The van der Waals surface area contributed by atoms with Crippen LogP contribution in [-0.2, 0) is 23.5 Å². The van der Waals surface area contributed by atoms with E-state index < -0.39 is 10.0 Å². The number of nitrogens with two attached hydrogens (primary N) is 1. The quantitative estimate of drug-likeness (QED) is 0.590. The summed E-state index contributed by atoms with van der Waals surface area (Å²) in [5, 5.41) is 7.29. The number of nitrogens with zero attached hydrogens (tertiary/aromatic N) is 2. The van der Waals surface area contributed by atoms with Crippen LogP contribution in [0.3, 0.4) is 0 Å². The number of halogens is 2. The molecule has 2 N–H and O–H groups in total. The predicted molar refractivity (Wildman–Crippen MR) is 116 cm³/mol. The second-order valence-corrected chi connectivity index (χ2v) is 8.52. The number of para-hydroxylation sites is 1. The highest BCUT2D eigenvalue weighted by molar-refractivity contribution is 8.93. The lowest BCUT2D eigenvalue weighted by molar-refractivity contribution is 0.598. The molecule has 0 saturated carbocycles. The number of hydrogen-bond acceptors (Lipinski definition) is 4. The summed E-state index contributed by atoms with van der Waals surface area (Å²) in [6, 6.07) is 12.8. The monoisotopic (exact) mass is 487 g/mol. The topological polar surface area (TPSA) is 77.4 Å². The van der Waals surface area contributed by atoms with Gasteiger partial charge in [-0.15, -0.1) is 28.3 Å². The van der Waals surface area contributed by atoms with E-state index in [1.165, 1.54) is 29.0 Å². The molecule has 0 unspecified atom stereocenters. The molecule has 0 radical (unpaired) electrons. The summed E-state index contributed by atoms with van der Waals surface area (Å²) in [7, 11) is -2.00.